The Bertz CT molecular complexity index is 365. The van der Waals surface area contributed by atoms with Crippen molar-refractivity contribution in [2.45, 2.75) is 13.0 Å². The molecule has 0 amide bonds. The summed E-state index contributed by atoms with van der Waals surface area (Å²) in [4.78, 5) is 0. The molecule has 13 heavy (non-hydrogen) atoms. The fraction of sp³-hybridized carbons (Fsp3) is 0.200. The highest BCUT2D eigenvalue weighted by molar-refractivity contribution is 9.10. The lowest BCUT2D eigenvalue weighted by atomic mass is 10.1. The van der Waals surface area contributed by atoms with Gasteiger partial charge in [-0.1, -0.05) is 12.0 Å². The smallest absolute Gasteiger partial charge is 0.140 e. The predicted octanol–water partition coefficient (Wildman–Crippen LogP) is 2.64. The van der Waals surface area contributed by atoms with Gasteiger partial charge in [-0.2, -0.15) is 0 Å². The van der Waals surface area contributed by atoms with Crippen LogP contribution in [-0.2, 0) is 0 Å². The van der Waals surface area contributed by atoms with Gasteiger partial charge in [-0.3, -0.25) is 0 Å². The number of halogens is 2. The topological polar surface area (TPSA) is 20.2 Å². The second kappa shape index (κ2) is 4.40. The number of hydrogen-bond donors (Lipinski definition) is 1. The van der Waals surface area contributed by atoms with Gasteiger partial charge in [-0.15, -0.1) is 5.92 Å². The van der Waals surface area contributed by atoms with Gasteiger partial charge in [0.1, 0.15) is 11.9 Å². The summed E-state index contributed by atoms with van der Waals surface area (Å²) < 4.78 is 13.4. The molecule has 1 rings (SSSR count). The molecule has 0 radical (unpaired) electrons. The van der Waals surface area contributed by atoms with E-state index in [2.05, 4.69) is 27.8 Å². The lowest BCUT2D eigenvalue weighted by Gasteiger charge is -2.03. The van der Waals surface area contributed by atoms with E-state index >= 15 is 0 Å². The minimum Gasteiger partial charge on any atom is -0.376 e. The normalized spacial score (nSPS) is 11.7. The van der Waals surface area contributed by atoms with Crippen molar-refractivity contribution in [2.75, 3.05) is 0 Å². The van der Waals surface area contributed by atoms with Crippen molar-refractivity contribution in [3.8, 4) is 11.8 Å². The van der Waals surface area contributed by atoms with Crippen LogP contribution in [0.4, 0.5) is 4.39 Å². The molecule has 1 nitrogen and oxygen atoms in total. The first-order valence-electron chi connectivity index (χ1n) is 3.70. The molecule has 0 saturated heterocycles. The molecule has 0 aromatic heterocycles. The monoisotopic (exact) mass is 242 g/mol. The zero-order valence-corrected chi connectivity index (χ0v) is 8.60. The van der Waals surface area contributed by atoms with E-state index in [0.717, 1.165) is 0 Å². The summed E-state index contributed by atoms with van der Waals surface area (Å²) in [6.45, 7) is 1.62. The Labute approximate surface area is 84.7 Å². The minimum atomic E-state index is -0.910. The highest BCUT2D eigenvalue weighted by Crippen LogP contribution is 2.20. The third-order valence-electron chi connectivity index (χ3n) is 1.54. The van der Waals surface area contributed by atoms with Crippen LogP contribution in [-0.4, -0.2) is 5.11 Å². The Hall–Kier alpha value is -0.850. The molecule has 0 fully saturated rings. The molecule has 3 heteroatoms. The molecule has 0 aliphatic rings. The van der Waals surface area contributed by atoms with Gasteiger partial charge >= 0.3 is 0 Å². The van der Waals surface area contributed by atoms with E-state index in [1.54, 1.807) is 19.1 Å². The van der Waals surface area contributed by atoms with Gasteiger partial charge in [0.2, 0.25) is 0 Å². The molecule has 0 aliphatic heterocycles. The Morgan fingerprint density at radius 3 is 2.77 bits per heavy atom. The largest absolute Gasteiger partial charge is 0.376 e. The number of hydrogen-bond acceptors (Lipinski definition) is 1. The fourth-order valence-electron chi connectivity index (χ4n) is 0.903. The van der Waals surface area contributed by atoms with Crippen molar-refractivity contribution in [1.82, 2.24) is 0 Å². The summed E-state index contributed by atoms with van der Waals surface area (Å²) >= 11 is 3.02. The first kappa shape index (κ1) is 10.2. The second-order valence-electron chi connectivity index (χ2n) is 2.47. The van der Waals surface area contributed by atoms with Gasteiger partial charge in [0.25, 0.3) is 0 Å². The van der Waals surface area contributed by atoms with Crippen molar-refractivity contribution in [3.05, 3.63) is 34.1 Å². The summed E-state index contributed by atoms with van der Waals surface area (Å²) in [5, 5.41) is 9.38. The molecule has 1 N–H and O–H groups in total. The van der Waals surface area contributed by atoms with E-state index in [-0.39, 0.29) is 0 Å². The molecule has 1 aromatic rings. The van der Waals surface area contributed by atoms with Crippen molar-refractivity contribution in [3.63, 3.8) is 0 Å². The van der Waals surface area contributed by atoms with Gasteiger partial charge in [-0.25, -0.2) is 4.39 Å². The van der Waals surface area contributed by atoms with Crippen LogP contribution in [0, 0.1) is 17.7 Å². The van der Waals surface area contributed by atoms with E-state index in [1.165, 1.54) is 6.07 Å². The summed E-state index contributed by atoms with van der Waals surface area (Å²) in [6.07, 6.45) is -0.910. The Balaban J connectivity index is 3.01. The Morgan fingerprint density at radius 2 is 2.23 bits per heavy atom. The van der Waals surface area contributed by atoms with Crippen molar-refractivity contribution < 1.29 is 9.50 Å². The maximum atomic E-state index is 13.0. The van der Waals surface area contributed by atoms with E-state index < -0.39 is 11.9 Å². The standard InChI is InChI=1S/C10H8BrFO/c1-2-3-10(13)7-4-5-8(11)9(12)6-7/h4-6,10,13H,1H3. The highest BCUT2D eigenvalue weighted by Gasteiger charge is 2.06. The Morgan fingerprint density at radius 1 is 1.54 bits per heavy atom. The van der Waals surface area contributed by atoms with Gasteiger partial charge in [0, 0.05) is 0 Å². The number of benzene rings is 1. The van der Waals surface area contributed by atoms with Crippen molar-refractivity contribution in [1.29, 1.82) is 0 Å². The zero-order chi connectivity index (χ0) is 9.84. The van der Waals surface area contributed by atoms with Gasteiger partial charge in [0.15, 0.2) is 0 Å². The van der Waals surface area contributed by atoms with Crippen LogP contribution >= 0.6 is 15.9 Å². The van der Waals surface area contributed by atoms with Crippen LogP contribution in [0.15, 0.2) is 22.7 Å². The fourth-order valence-corrected chi connectivity index (χ4v) is 1.15. The molecule has 1 unspecified atom stereocenters. The van der Waals surface area contributed by atoms with Gasteiger partial charge in [-0.05, 0) is 40.5 Å². The lowest BCUT2D eigenvalue weighted by Crippen LogP contribution is -1.94. The van der Waals surface area contributed by atoms with Crippen LogP contribution in [0.2, 0.25) is 0 Å². The summed E-state index contributed by atoms with van der Waals surface area (Å²) in [6, 6.07) is 4.44. The van der Waals surface area contributed by atoms with E-state index in [0.29, 0.717) is 10.0 Å². The molecule has 1 atom stereocenters. The quantitative estimate of drug-likeness (QED) is 0.752. The average molecular weight is 243 g/mol. The number of aliphatic hydroxyl groups excluding tert-OH is 1. The summed E-state index contributed by atoms with van der Waals surface area (Å²) in [5.41, 5.74) is 0.468. The third-order valence-corrected chi connectivity index (χ3v) is 2.18. The Kier molecular flexibility index (Phi) is 3.47. The van der Waals surface area contributed by atoms with Crippen LogP contribution < -0.4 is 0 Å². The summed E-state index contributed by atoms with van der Waals surface area (Å²) in [5.74, 6) is 4.70. The molecule has 0 aliphatic carbocycles. The number of rotatable bonds is 1. The maximum Gasteiger partial charge on any atom is 0.140 e. The minimum absolute atomic E-state index is 0.382. The van der Waals surface area contributed by atoms with Gasteiger partial charge < -0.3 is 5.11 Å². The molecule has 68 valence electrons. The number of aliphatic hydroxyl groups is 1. The molecule has 0 bridgehead atoms. The zero-order valence-electron chi connectivity index (χ0n) is 7.01. The lowest BCUT2D eigenvalue weighted by molar-refractivity contribution is 0.238. The SMILES string of the molecule is CC#CC(O)c1ccc(Br)c(F)c1. The molecule has 0 spiro atoms. The van der Waals surface area contributed by atoms with E-state index in [1.807, 2.05) is 0 Å². The first-order chi connectivity index (χ1) is 6.15. The van der Waals surface area contributed by atoms with Crippen LogP contribution in [0.5, 0.6) is 0 Å². The molecular weight excluding hydrogens is 235 g/mol. The average Bonchev–Trinajstić information content (AvgIpc) is 2.10. The molecule has 0 heterocycles. The van der Waals surface area contributed by atoms with Crippen molar-refractivity contribution >= 4 is 15.9 Å². The first-order valence-corrected chi connectivity index (χ1v) is 4.49. The molecule has 0 saturated carbocycles. The maximum absolute atomic E-state index is 13.0. The van der Waals surface area contributed by atoms with Crippen LogP contribution in [0.3, 0.4) is 0 Å². The third kappa shape index (κ3) is 2.55. The van der Waals surface area contributed by atoms with Gasteiger partial charge in [0.05, 0.1) is 4.47 Å². The molecular formula is C10H8BrFO. The highest BCUT2D eigenvalue weighted by atomic mass is 79.9. The van der Waals surface area contributed by atoms with Crippen molar-refractivity contribution in [2.24, 2.45) is 0 Å². The van der Waals surface area contributed by atoms with E-state index in [4.69, 9.17) is 0 Å². The molecule has 1 aromatic carbocycles. The second-order valence-corrected chi connectivity index (χ2v) is 3.32. The van der Waals surface area contributed by atoms with Crippen LogP contribution in [0.25, 0.3) is 0 Å². The van der Waals surface area contributed by atoms with Crippen LogP contribution in [0.1, 0.15) is 18.6 Å². The van der Waals surface area contributed by atoms with E-state index in [9.17, 15) is 9.50 Å². The summed E-state index contributed by atoms with van der Waals surface area (Å²) in [7, 11) is 0. The predicted molar refractivity (Wildman–Crippen MR) is 52.5 cm³/mol.